The van der Waals surface area contributed by atoms with Gasteiger partial charge in [-0.25, -0.2) is 0 Å². The van der Waals surface area contributed by atoms with Gasteiger partial charge in [0.1, 0.15) is 19.3 Å². The Morgan fingerprint density at radius 3 is 2.52 bits per heavy atom. The molecule has 138 valence electrons. The molecule has 0 aromatic carbocycles. The Hall–Kier alpha value is -2.40. The molecule has 1 unspecified atom stereocenters. The van der Waals surface area contributed by atoms with E-state index in [1.54, 1.807) is 0 Å². The van der Waals surface area contributed by atoms with Gasteiger partial charge in [0.15, 0.2) is 5.78 Å². The Bertz CT molecular complexity index is 549. The number of nitrogens with one attached hydrogen (secondary N) is 2. The number of carbonyl (C=O) groups is 4. The predicted octanol–water partition coefficient (Wildman–Crippen LogP) is 0.00540. The van der Waals surface area contributed by atoms with Gasteiger partial charge in [0.05, 0.1) is 6.54 Å². The van der Waals surface area contributed by atoms with Gasteiger partial charge in [0.25, 0.3) is 0 Å². The summed E-state index contributed by atoms with van der Waals surface area (Å²) in [6, 6.07) is 0. The Balaban J connectivity index is 2.14. The van der Waals surface area contributed by atoms with Crippen LogP contribution in [0.5, 0.6) is 0 Å². The minimum atomic E-state index is -1.15. The Morgan fingerprint density at radius 2 is 1.76 bits per heavy atom. The summed E-state index contributed by atoms with van der Waals surface area (Å²) in [6.45, 7) is -0.832. The Kier molecular flexibility index (Phi) is 9.94. The van der Waals surface area contributed by atoms with Gasteiger partial charge in [0, 0.05) is 19.3 Å². The molecule has 0 saturated carbocycles. The maximum Gasteiger partial charge on any atom is 0.322 e. The normalized spacial score (nSPS) is 16.6. The summed E-state index contributed by atoms with van der Waals surface area (Å²) in [4.78, 5) is 44.8. The van der Waals surface area contributed by atoms with Crippen molar-refractivity contribution in [2.45, 2.75) is 51.0 Å². The molecule has 1 rings (SSSR count). The third-order valence-electron chi connectivity index (χ3n) is 3.50. The van der Waals surface area contributed by atoms with Crippen LogP contribution in [0.1, 0.15) is 44.9 Å². The van der Waals surface area contributed by atoms with Gasteiger partial charge in [-0.1, -0.05) is 12.3 Å². The molecule has 0 aliphatic heterocycles. The fraction of sp³-hybridized carbons (Fsp3) is 0.647. The lowest BCUT2D eigenvalue weighted by atomic mass is 10.1. The maximum absolute atomic E-state index is 11.7. The van der Waals surface area contributed by atoms with Crippen LogP contribution in [0, 0.1) is 11.8 Å². The monoisotopic (exact) mass is 352 g/mol. The SMILES string of the molecule is O=C(O)CNC(=O)CCC(=O)CNC(=O)COC1C#CCCCCC1. The molecule has 0 radical (unpaired) electrons. The van der Waals surface area contributed by atoms with Crippen molar-refractivity contribution in [2.24, 2.45) is 0 Å². The minimum absolute atomic E-state index is 0.0688. The zero-order valence-electron chi connectivity index (χ0n) is 14.1. The first-order valence-electron chi connectivity index (χ1n) is 8.34. The van der Waals surface area contributed by atoms with Crippen LogP contribution in [0.3, 0.4) is 0 Å². The molecule has 3 N–H and O–H groups in total. The summed E-state index contributed by atoms with van der Waals surface area (Å²) < 4.78 is 5.45. The van der Waals surface area contributed by atoms with E-state index >= 15 is 0 Å². The molecule has 1 aliphatic rings. The Labute approximate surface area is 146 Å². The molecule has 25 heavy (non-hydrogen) atoms. The van der Waals surface area contributed by atoms with E-state index in [0.717, 1.165) is 32.1 Å². The number of rotatable bonds is 10. The average Bonchev–Trinajstić information content (AvgIpc) is 2.55. The summed E-state index contributed by atoms with van der Waals surface area (Å²) in [7, 11) is 0. The lowest BCUT2D eigenvalue weighted by molar-refractivity contribution is -0.138. The topological polar surface area (TPSA) is 122 Å². The van der Waals surface area contributed by atoms with E-state index in [0.29, 0.717) is 0 Å². The van der Waals surface area contributed by atoms with E-state index in [2.05, 4.69) is 22.5 Å². The van der Waals surface area contributed by atoms with Crippen molar-refractivity contribution in [3.05, 3.63) is 0 Å². The summed E-state index contributed by atoms with van der Waals surface area (Å²) in [5.74, 6) is 3.61. The van der Waals surface area contributed by atoms with Crippen LogP contribution < -0.4 is 10.6 Å². The van der Waals surface area contributed by atoms with E-state index in [1.807, 2.05) is 0 Å². The van der Waals surface area contributed by atoms with Gasteiger partial charge in [0.2, 0.25) is 11.8 Å². The highest BCUT2D eigenvalue weighted by atomic mass is 16.5. The van der Waals surface area contributed by atoms with Crippen LogP contribution in [-0.4, -0.2) is 54.5 Å². The minimum Gasteiger partial charge on any atom is -0.480 e. The van der Waals surface area contributed by atoms with E-state index < -0.39 is 24.3 Å². The quantitative estimate of drug-likeness (QED) is 0.476. The number of ether oxygens (including phenoxy) is 1. The first kappa shape index (κ1) is 20.6. The number of amides is 2. The number of aliphatic carboxylic acids is 1. The molecule has 0 bridgehead atoms. The zero-order valence-corrected chi connectivity index (χ0v) is 14.1. The molecular weight excluding hydrogens is 328 g/mol. The van der Waals surface area contributed by atoms with Gasteiger partial charge in [-0.2, -0.15) is 0 Å². The van der Waals surface area contributed by atoms with E-state index in [9.17, 15) is 19.2 Å². The van der Waals surface area contributed by atoms with Crippen LogP contribution in [0.25, 0.3) is 0 Å². The number of carbonyl (C=O) groups excluding carboxylic acids is 3. The van der Waals surface area contributed by atoms with Gasteiger partial charge in [-0.3, -0.25) is 19.2 Å². The summed E-state index contributed by atoms with van der Waals surface area (Å²) in [5.41, 5.74) is 0. The molecule has 2 amide bonds. The number of carboxylic acids is 1. The van der Waals surface area contributed by atoms with E-state index in [-0.39, 0.29) is 37.9 Å². The van der Waals surface area contributed by atoms with Crippen LogP contribution in [0.2, 0.25) is 0 Å². The van der Waals surface area contributed by atoms with E-state index in [4.69, 9.17) is 9.84 Å². The first-order chi connectivity index (χ1) is 12.0. The van der Waals surface area contributed by atoms with Crippen molar-refractivity contribution in [1.29, 1.82) is 0 Å². The molecule has 0 aromatic heterocycles. The highest BCUT2D eigenvalue weighted by Crippen LogP contribution is 2.10. The van der Waals surface area contributed by atoms with Crippen molar-refractivity contribution >= 4 is 23.6 Å². The van der Waals surface area contributed by atoms with Gasteiger partial charge >= 0.3 is 5.97 Å². The second-order valence-electron chi connectivity index (χ2n) is 5.71. The van der Waals surface area contributed by atoms with Crippen molar-refractivity contribution < 1.29 is 29.0 Å². The van der Waals surface area contributed by atoms with Crippen LogP contribution in [0.4, 0.5) is 0 Å². The van der Waals surface area contributed by atoms with Crippen LogP contribution >= 0.6 is 0 Å². The molecule has 1 atom stereocenters. The number of ketones is 1. The smallest absolute Gasteiger partial charge is 0.322 e. The standard InChI is InChI=1S/C17H24N2O6/c20-13(8-9-15(21)19-11-17(23)24)10-18-16(22)12-25-14-6-4-2-1-3-5-7-14/h14H,1-4,6,8-12H2,(H,18,22)(H,19,21)(H,23,24). The molecule has 0 heterocycles. The molecule has 1 aliphatic carbocycles. The van der Waals surface area contributed by atoms with Gasteiger partial charge < -0.3 is 20.5 Å². The lowest BCUT2D eigenvalue weighted by Crippen LogP contribution is -2.34. The molecule has 8 heteroatoms. The predicted molar refractivity (Wildman–Crippen MR) is 88.5 cm³/mol. The summed E-state index contributed by atoms with van der Waals surface area (Å²) in [6.07, 6.45) is 4.43. The van der Waals surface area contributed by atoms with Crippen molar-refractivity contribution in [3.63, 3.8) is 0 Å². The maximum atomic E-state index is 11.7. The lowest BCUT2D eigenvalue weighted by Gasteiger charge is -2.13. The van der Waals surface area contributed by atoms with Crippen LogP contribution in [0.15, 0.2) is 0 Å². The third-order valence-corrected chi connectivity index (χ3v) is 3.50. The van der Waals surface area contributed by atoms with Gasteiger partial charge in [-0.05, 0) is 19.3 Å². The largest absolute Gasteiger partial charge is 0.480 e. The van der Waals surface area contributed by atoms with Crippen molar-refractivity contribution in [2.75, 3.05) is 19.7 Å². The molecule has 0 spiro atoms. The highest BCUT2D eigenvalue weighted by molar-refractivity contribution is 5.89. The van der Waals surface area contributed by atoms with Gasteiger partial charge in [-0.15, -0.1) is 5.92 Å². The number of hydrogen-bond acceptors (Lipinski definition) is 5. The van der Waals surface area contributed by atoms with Crippen molar-refractivity contribution in [1.82, 2.24) is 10.6 Å². The second kappa shape index (κ2) is 12.0. The molecule has 8 nitrogen and oxygen atoms in total. The fourth-order valence-electron chi connectivity index (χ4n) is 2.13. The van der Waals surface area contributed by atoms with Crippen molar-refractivity contribution in [3.8, 4) is 11.8 Å². The molecule has 0 aromatic rings. The Morgan fingerprint density at radius 1 is 1.00 bits per heavy atom. The van der Waals surface area contributed by atoms with E-state index in [1.165, 1.54) is 0 Å². The molecular formula is C17H24N2O6. The molecule has 0 saturated heterocycles. The zero-order chi connectivity index (χ0) is 18.5. The fourth-order valence-corrected chi connectivity index (χ4v) is 2.13. The summed E-state index contributed by atoms with van der Waals surface area (Å²) in [5, 5.41) is 13.0. The third kappa shape index (κ3) is 10.9. The first-order valence-corrected chi connectivity index (χ1v) is 8.34. The summed E-state index contributed by atoms with van der Waals surface area (Å²) >= 11 is 0. The number of Topliss-reactive ketones (excluding diaryl/α,β-unsaturated/α-hetero) is 1. The molecule has 0 fully saturated rings. The number of hydrogen-bond donors (Lipinski definition) is 3. The van der Waals surface area contributed by atoms with Crippen LogP contribution in [-0.2, 0) is 23.9 Å². The average molecular weight is 352 g/mol. The second-order valence-corrected chi connectivity index (χ2v) is 5.71. The number of carboxylic acid groups (broad SMARTS) is 1. The highest BCUT2D eigenvalue weighted by Gasteiger charge is 2.12.